The number of rotatable bonds is 3. The summed E-state index contributed by atoms with van der Waals surface area (Å²) in [6.07, 6.45) is 0. The van der Waals surface area contributed by atoms with E-state index < -0.39 is 5.97 Å². The second-order valence-electron chi connectivity index (χ2n) is 3.33. The molecule has 2 amide bonds. The summed E-state index contributed by atoms with van der Waals surface area (Å²) in [6.45, 7) is 2.48. The fourth-order valence-electron chi connectivity index (χ4n) is 1.06. The van der Waals surface area contributed by atoms with Crippen LogP contribution in [0.25, 0.3) is 0 Å². The summed E-state index contributed by atoms with van der Waals surface area (Å²) in [7, 11) is 1.68. The van der Waals surface area contributed by atoms with Gasteiger partial charge < -0.3 is 15.3 Å². The summed E-state index contributed by atoms with van der Waals surface area (Å²) in [5, 5.41) is 11.3. The molecule has 1 aromatic rings. The van der Waals surface area contributed by atoms with Crippen LogP contribution in [0.1, 0.15) is 17.3 Å². The molecule has 0 aliphatic rings. The van der Waals surface area contributed by atoms with Gasteiger partial charge in [0.05, 0.1) is 5.56 Å². The maximum absolute atomic E-state index is 11.5. The normalized spacial score (nSPS) is 9.62. The highest BCUT2D eigenvalue weighted by molar-refractivity contribution is 5.91. The molecular weight excluding hydrogens is 208 g/mol. The van der Waals surface area contributed by atoms with Crippen LogP contribution in [0.4, 0.5) is 10.5 Å². The summed E-state index contributed by atoms with van der Waals surface area (Å²) in [4.78, 5) is 23.6. The van der Waals surface area contributed by atoms with Crippen molar-refractivity contribution in [2.75, 3.05) is 18.9 Å². The van der Waals surface area contributed by atoms with Crippen LogP contribution < -0.4 is 5.32 Å². The number of urea groups is 1. The van der Waals surface area contributed by atoms with E-state index >= 15 is 0 Å². The van der Waals surface area contributed by atoms with Crippen molar-refractivity contribution in [3.8, 4) is 0 Å². The number of benzene rings is 1. The predicted molar refractivity (Wildman–Crippen MR) is 60.7 cm³/mol. The first-order chi connectivity index (χ1) is 7.54. The maximum Gasteiger partial charge on any atom is 0.335 e. The number of nitrogens with zero attached hydrogens (tertiary/aromatic N) is 1. The molecular formula is C11H14N2O3. The van der Waals surface area contributed by atoms with E-state index in [9.17, 15) is 9.59 Å². The lowest BCUT2D eigenvalue weighted by Gasteiger charge is -2.15. The van der Waals surface area contributed by atoms with Crippen molar-refractivity contribution >= 4 is 17.7 Å². The third kappa shape index (κ3) is 2.98. The Balaban J connectivity index is 2.69. The Hall–Kier alpha value is -2.04. The van der Waals surface area contributed by atoms with Crippen molar-refractivity contribution in [1.29, 1.82) is 0 Å². The zero-order valence-electron chi connectivity index (χ0n) is 9.23. The standard InChI is InChI=1S/C11H14N2O3/c1-3-13(2)11(16)12-9-6-4-8(5-7-9)10(14)15/h4-7H,3H2,1-2H3,(H,12,16)(H,14,15). The third-order valence-electron chi connectivity index (χ3n) is 2.20. The number of hydrogen-bond donors (Lipinski definition) is 2. The molecule has 0 saturated heterocycles. The van der Waals surface area contributed by atoms with E-state index in [1.807, 2.05) is 6.92 Å². The average Bonchev–Trinajstić information content (AvgIpc) is 2.28. The molecule has 0 bridgehead atoms. The molecule has 0 radical (unpaired) electrons. The fourth-order valence-corrected chi connectivity index (χ4v) is 1.06. The zero-order chi connectivity index (χ0) is 12.1. The minimum atomic E-state index is -0.983. The number of amides is 2. The molecule has 1 rings (SSSR count). The first-order valence-electron chi connectivity index (χ1n) is 4.90. The molecule has 0 aromatic heterocycles. The Morgan fingerprint density at radius 2 is 1.88 bits per heavy atom. The van der Waals surface area contributed by atoms with Gasteiger partial charge in [0.1, 0.15) is 0 Å². The first-order valence-corrected chi connectivity index (χ1v) is 4.90. The Morgan fingerprint density at radius 1 is 1.31 bits per heavy atom. The maximum atomic E-state index is 11.5. The molecule has 0 aliphatic heterocycles. The zero-order valence-corrected chi connectivity index (χ0v) is 9.23. The summed E-state index contributed by atoms with van der Waals surface area (Å²) >= 11 is 0. The van der Waals surface area contributed by atoms with Crippen LogP contribution in [-0.4, -0.2) is 35.6 Å². The van der Waals surface area contributed by atoms with Crippen LogP contribution in [0.15, 0.2) is 24.3 Å². The van der Waals surface area contributed by atoms with Gasteiger partial charge in [-0.2, -0.15) is 0 Å². The second-order valence-corrected chi connectivity index (χ2v) is 3.33. The van der Waals surface area contributed by atoms with Crippen molar-refractivity contribution < 1.29 is 14.7 Å². The number of carboxylic acids is 1. The van der Waals surface area contributed by atoms with Crippen molar-refractivity contribution in [2.45, 2.75) is 6.92 Å². The molecule has 0 aliphatic carbocycles. The van der Waals surface area contributed by atoms with Gasteiger partial charge in [-0.3, -0.25) is 0 Å². The SMILES string of the molecule is CCN(C)C(=O)Nc1ccc(C(=O)O)cc1. The minimum absolute atomic E-state index is 0.196. The van der Waals surface area contributed by atoms with Gasteiger partial charge in [0.15, 0.2) is 0 Å². The van der Waals surface area contributed by atoms with Crippen LogP contribution >= 0.6 is 0 Å². The van der Waals surface area contributed by atoms with E-state index in [2.05, 4.69) is 5.32 Å². The molecule has 0 heterocycles. The van der Waals surface area contributed by atoms with Gasteiger partial charge in [-0.25, -0.2) is 9.59 Å². The number of carbonyl (C=O) groups excluding carboxylic acids is 1. The van der Waals surface area contributed by atoms with Gasteiger partial charge in [-0.05, 0) is 31.2 Å². The Bertz CT molecular complexity index is 387. The van der Waals surface area contributed by atoms with E-state index in [4.69, 9.17) is 5.11 Å². The molecule has 1 aromatic carbocycles. The summed E-state index contributed by atoms with van der Waals surface area (Å²) in [5.41, 5.74) is 0.775. The molecule has 5 nitrogen and oxygen atoms in total. The number of carbonyl (C=O) groups is 2. The van der Waals surface area contributed by atoms with Crippen molar-refractivity contribution in [2.24, 2.45) is 0 Å². The molecule has 5 heteroatoms. The minimum Gasteiger partial charge on any atom is -0.478 e. The highest BCUT2D eigenvalue weighted by Gasteiger charge is 2.07. The smallest absolute Gasteiger partial charge is 0.335 e. The van der Waals surface area contributed by atoms with Gasteiger partial charge in [-0.1, -0.05) is 0 Å². The molecule has 2 N–H and O–H groups in total. The van der Waals surface area contributed by atoms with Crippen LogP contribution in [0.3, 0.4) is 0 Å². The van der Waals surface area contributed by atoms with Crippen molar-refractivity contribution in [3.63, 3.8) is 0 Å². The summed E-state index contributed by atoms with van der Waals surface area (Å²) in [6, 6.07) is 5.80. The van der Waals surface area contributed by atoms with E-state index in [0.717, 1.165) is 0 Å². The van der Waals surface area contributed by atoms with Crippen LogP contribution in [0, 0.1) is 0 Å². The number of anilines is 1. The lowest BCUT2D eigenvalue weighted by Crippen LogP contribution is -2.30. The molecule has 0 unspecified atom stereocenters. The van der Waals surface area contributed by atoms with Crippen LogP contribution in [0.5, 0.6) is 0 Å². The second kappa shape index (κ2) is 5.16. The van der Waals surface area contributed by atoms with Crippen LogP contribution in [0.2, 0.25) is 0 Å². The van der Waals surface area contributed by atoms with Crippen LogP contribution in [-0.2, 0) is 0 Å². The molecule has 0 atom stereocenters. The quantitative estimate of drug-likeness (QED) is 0.820. The topological polar surface area (TPSA) is 69.6 Å². The van der Waals surface area contributed by atoms with Gasteiger partial charge in [0.2, 0.25) is 0 Å². The van der Waals surface area contributed by atoms with Crippen molar-refractivity contribution in [3.05, 3.63) is 29.8 Å². The van der Waals surface area contributed by atoms with Crippen molar-refractivity contribution in [1.82, 2.24) is 4.90 Å². The molecule has 0 spiro atoms. The van der Waals surface area contributed by atoms with E-state index in [0.29, 0.717) is 12.2 Å². The molecule has 86 valence electrons. The van der Waals surface area contributed by atoms with Gasteiger partial charge in [0.25, 0.3) is 0 Å². The van der Waals surface area contributed by atoms with E-state index in [1.54, 1.807) is 19.2 Å². The molecule has 0 saturated carbocycles. The first kappa shape index (κ1) is 12.0. The Kier molecular flexibility index (Phi) is 3.88. The molecule has 0 fully saturated rings. The van der Waals surface area contributed by atoms with Gasteiger partial charge in [0, 0.05) is 19.3 Å². The Labute approximate surface area is 93.7 Å². The monoisotopic (exact) mass is 222 g/mol. The predicted octanol–water partition coefficient (Wildman–Crippen LogP) is 1.87. The molecule has 16 heavy (non-hydrogen) atoms. The highest BCUT2D eigenvalue weighted by Crippen LogP contribution is 2.10. The lowest BCUT2D eigenvalue weighted by molar-refractivity contribution is 0.0697. The summed E-state index contributed by atoms with van der Waals surface area (Å²) in [5.74, 6) is -0.983. The third-order valence-corrected chi connectivity index (χ3v) is 2.20. The fraction of sp³-hybridized carbons (Fsp3) is 0.273. The van der Waals surface area contributed by atoms with E-state index in [-0.39, 0.29) is 11.6 Å². The lowest BCUT2D eigenvalue weighted by atomic mass is 10.2. The number of nitrogens with one attached hydrogen (secondary N) is 1. The largest absolute Gasteiger partial charge is 0.478 e. The summed E-state index contributed by atoms with van der Waals surface area (Å²) < 4.78 is 0. The number of hydrogen-bond acceptors (Lipinski definition) is 2. The Morgan fingerprint density at radius 3 is 2.31 bits per heavy atom. The van der Waals surface area contributed by atoms with Gasteiger partial charge >= 0.3 is 12.0 Å². The van der Waals surface area contributed by atoms with E-state index in [1.165, 1.54) is 17.0 Å². The van der Waals surface area contributed by atoms with Gasteiger partial charge in [-0.15, -0.1) is 0 Å². The average molecular weight is 222 g/mol. The number of carboxylic acid groups (broad SMARTS) is 1. The highest BCUT2D eigenvalue weighted by atomic mass is 16.4. The number of aromatic carboxylic acids is 1.